The Balaban J connectivity index is 1.79. The summed E-state index contributed by atoms with van der Waals surface area (Å²) in [7, 11) is -2.55. The zero-order valence-electron chi connectivity index (χ0n) is 18.8. The van der Waals surface area contributed by atoms with E-state index in [2.05, 4.69) is 81.4 Å². The summed E-state index contributed by atoms with van der Waals surface area (Å²) in [4.78, 5) is 0. The molecular weight excluding hydrogens is 400 g/mol. The summed E-state index contributed by atoms with van der Waals surface area (Å²) in [5, 5.41) is 12.3. The lowest BCUT2D eigenvalue weighted by Gasteiger charge is -2.43. The summed E-state index contributed by atoms with van der Waals surface area (Å²) in [6, 6.07) is 31.3. The van der Waals surface area contributed by atoms with E-state index in [1.165, 1.54) is 10.4 Å². The van der Waals surface area contributed by atoms with Crippen LogP contribution in [0.3, 0.4) is 0 Å². The van der Waals surface area contributed by atoms with E-state index in [1.807, 2.05) is 30.3 Å². The molecule has 0 aliphatic rings. The maximum absolute atomic E-state index is 9.86. The molecule has 3 rings (SSSR count). The molecule has 0 amide bonds. The molecule has 0 bridgehead atoms. The fraction of sp³-hybridized carbons (Fsp3) is 0.333. The van der Waals surface area contributed by atoms with Gasteiger partial charge in [0.15, 0.2) is 0 Å². The molecule has 0 spiro atoms. The highest BCUT2D eigenvalue weighted by atomic mass is 28.4. The second kappa shape index (κ2) is 10.9. The van der Waals surface area contributed by atoms with Gasteiger partial charge in [0.1, 0.15) is 0 Å². The SMILES string of the molecule is CC(C)(C)[Si](OCC[C@H](CO)OCc1ccccc1)(c1ccccc1)c1ccccc1. The van der Waals surface area contributed by atoms with Gasteiger partial charge in [0.05, 0.1) is 19.3 Å². The van der Waals surface area contributed by atoms with Crippen molar-refractivity contribution in [2.45, 2.75) is 44.9 Å². The Hall–Kier alpha value is -2.24. The van der Waals surface area contributed by atoms with Crippen molar-refractivity contribution in [2.24, 2.45) is 0 Å². The molecular formula is C27H34O3Si. The van der Waals surface area contributed by atoms with Crippen LogP contribution < -0.4 is 10.4 Å². The van der Waals surface area contributed by atoms with Gasteiger partial charge < -0.3 is 14.3 Å². The lowest BCUT2D eigenvalue weighted by Crippen LogP contribution is -2.66. The largest absolute Gasteiger partial charge is 0.407 e. The summed E-state index contributed by atoms with van der Waals surface area (Å²) in [6.07, 6.45) is 0.395. The molecule has 1 N–H and O–H groups in total. The highest BCUT2D eigenvalue weighted by molar-refractivity contribution is 6.99. The quantitative estimate of drug-likeness (QED) is 0.477. The van der Waals surface area contributed by atoms with E-state index in [0.717, 1.165) is 5.56 Å². The van der Waals surface area contributed by atoms with Crippen molar-refractivity contribution in [1.82, 2.24) is 0 Å². The van der Waals surface area contributed by atoms with Crippen LogP contribution in [0.1, 0.15) is 32.8 Å². The molecule has 31 heavy (non-hydrogen) atoms. The molecule has 0 fully saturated rings. The van der Waals surface area contributed by atoms with Crippen molar-refractivity contribution in [3.63, 3.8) is 0 Å². The van der Waals surface area contributed by atoms with Gasteiger partial charge >= 0.3 is 0 Å². The van der Waals surface area contributed by atoms with Crippen molar-refractivity contribution >= 4 is 18.7 Å². The van der Waals surface area contributed by atoms with Crippen LogP contribution in [0.25, 0.3) is 0 Å². The molecule has 0 aliphatic carbocycles. The van der Waals surface area contributed by atoms with Crippen LogP contribution in [0.4, 0.5) is 0 Å². The van der Waals surface area contributed by atoms with Crippen molar-refractivity contribution < 1.29 is 14.3 Å². The lowest BCUT2D eigenvalue weighted by molar-refractivity contribution is -0.00928. The molecule has 1 atom stereocenters. The minimum atomic E-state index is -2.55. The van der Waals surface area contributed by atoms with E-state index < -0.39 is 8.32 Å². The van der Waals surface area contributed by atoms with Crippen molar-refractivity contribution in [1.29, 1.82) is 0 Å². The van der Waals surface area contributed by atoms with Crippen LogP contribution in [0.15, 0.2) is 91.0 Å². The molecule has 3 aromatic carbocycles. The van der Waals surface area contributed by atoms with Crippen LogP contribution in [0.5, 0.6) is 0 Å². The van der Waals surface area contributed by atoms with Crippen molar-refractivity contribution in [2.75, 3.05) is 13.2 Å². The number of aliphatic hydroxyl groups is 1. The van der Waals surface area contributed by atoms with Gasteiger partial charge in [-0.05, 0) is 27.4 Å². The van der Waals surface area contributed by atoms with Gasteiger partial charge in [-0.2, -0.15) is 0 Å². The molecule has 0 saturated heterocycles. The van der Waals surface area contributed by atoms with E-state index in [9.17, 15) is 5.11 Å². The average molecular weight is 435 g/mol. The first-order valence-corrected chi connectivity index (χ1v) is 12.9. The maximum atomic E-state index is 9.86. The molecule has 0 heterocycles. The number of rotatable bonds is 10. The van der Waals surface area contributed by atoms with Gasteiger partial charge in [0, 0.05) is 6.61 Å². The highest BCUT2D eigenvalue weighted by Crippen LogP contribution is 2.36. The second-order valence-electron chi connectivity index (χ2n) is 8.90. The first-order chi connectivity index (χ1) is 15.0. The normalized spacial score (nSPS) is 13.2. The van der Waals surface area contributed by atoms with Crippen LogP contribution in [-0.2, 0) is 15.8 Å². The Kier molecular flexibility index (Phi) is 8.21. The number of aliphatic hydroxyl groups excluding tert-OH is 1. The Labute approximate surface area is 187 Å². The zero-order chi connectivity index (χ0) is 22.2. The van der Waals surface area contributed by atoms with Crippen LogP contribution in [0, 0.1) is 0 Å². The summed E-state index contributed by atoms with van der Waals surface area (Å²) in [6.45, 7) is 7.83. The fourth-order valence-electron chi connectivity index (χ4n) is 4.12. The minimum Gasteiger partial charge on any atom is -0.407 e. The number of ether oxygens (including phenoxy) is 1. The third-order valence-electron chi connectivity index (χ3n) is 5.71. The smallest absolute Gasteiger partial charge is 0.261 e. The van der Waals surface area contributed by atoms with Gasteiger partial charge in [-0.1, -0.05) is 112 Å². The highest BCUT2D eigenvalue weighted by Gasteiger charge is 2.50. The second-order valence-corrected chi connectivity index (χ2v) is 13.2. The average Bonchev–Trinajstić information content (AvgIpc) is 2.80. The molecule has 3 nitrogen and oxygen atoms in total. The van der Waals surface area contributed by atoms with Gasteiger partial charge in [-0.25, -0.2) is 0 Å². The molecule has 4 heteroatoms. The number of benzene rings is 3. The van der Waals surface area contributed by atoms with Crippen molar-refractivity contribution in [3.8, 4) is 0 Å². The van der Waals surface area contributed by atoms with Gasteiger partial charge in [-0.3, -0.25) is 0 Å². The first kappa shape index (κ1) is 23.4. The zero-order valence-corrected chi connectivity index (χ0v) is 19.8. The Morgan fingerprint density at radius 3 is 1.71 bits per heavy atom. The van der Waals surface area contributed by atoms with E-state index in [4.69, 9.17) is 9.16 Å². The van der Waals surface area contributed by atoms with Crippen LogP contribution >= 0.6 is 0 Å². The van der Waals surface area contributed by atoms with Gasteiger partial charge in [0.2, 0.25) is 0 Å². The Morgan fingerprint density at radius 1 is 0.774 bits per heavy atom. The predicted octanol–water partition coefficient (Wildman–Crippen LogP) is 4.53. The van der Waals surface area contributed by atoms with Gasteiger partial charge in [-0.15, -0.1) is 0 Å². The maximum Gasteiger partial charge on any atom is 0.261 e. The third kappa shape index (κ3) is 5.72. The van der Waals surface area contributed by atoms with E-state index >= 15 is 0 Å². The van der Waals surface area contributed by atoms with E-state index in [-0.39, 0.29) is 17.7 Å². The first-order valence-electron chi connectivity index (χ1n) is 11.0. The van der Waals surface area contributed by atoms with E-state index in [1.54, 1.807) is 0 Å². The molecule has 0 saturated carbocycles. The summed E-state index contributed by atoms with van der Waals surface area (Å²) in [5.41, 5.74) is 1.11. The monoisotopic (exact) mass is 434 g/mol. The molecule has 0 aliphatic heterocycles. The molecule has 0 aromatic heterocycles. The van der Waals surface area contributed by atoms with Crippen molar-refractivity contribution in [3.05, 3.63) is 96.6 Å². The Bertz CT molecular complexity index is 853. The molecule has 164 valence electrons. The lowest BCUT2D eigenvalue weighted by atomic mass is 10.2. The van der Waals surface area contributed by atoms with Crippen LogP contribution in [-0.4, -0.2) is 32.7 Å². The summed E-state index contributed by atoms with van der Waals surface area (Å²) in [5.74, 6) is 0. The molecule has 0 unspecified atom stereocenters. The number of hydrogen-bond acceptors (Lipinski definition) is 3. The van der Waals surface area contributed by atoms with E-state index in [0.29, 0.717) is 19.6 Å². The topological polar surface area (TPSA) is 38.7 Å². The summed E-state index contributed by atoms with van der Waals surface area (Å²) < 4.78 is 12.9. The molecule has 0 radical (unpaired) electrons. The summed E-state index contributed by atoms with van der Waals surface area (Å²) >= 11 is 0. The van der Waals surface area contributed by atoms with Gasteiger partial charge in [0.25, 0.3) is 8.32 Å². The minimum absolute atomic E-state index is 0.0169. The fourth-order valence-corrected chi connectivity index (χ4v) is 8.70. The Morgan fingerprint density at radius 2 is 1.26 bits per heavy atom. The van der Waals surface area contributed by atoms with Crippen LogP contribution in [0.2, 0.25) is 5.04 Å². The predicted molar refractivity (Wildman–Crippen MR) is 130 cm³/mol. The molecule has 3 aromatic rings. The third-order valence-corrected chi connectivity index (χ3v) is 10.7. The standard InChI is InChI=1S/C27H34O3Si/c1-27(2,3)31(25-15-9-5-10-16-25,26-17-11-6-12-18-26)30-20-19-24(21-28)29-22-23-13-7-4-8-14-23/h4-18,24,28H,19-22H2,1-3H3/t24-/m1/s1. The number of hydrogen-bond donors (Lipinski definition) is 1.